The second-order valence-electron chi connectivity index (χ2n) is 6.05. The van der Waals surface area contributed by atoms with E-state index in [9.17, 15) is 9.59 Å². The molecule has 0 radical (unpaired) electrons. The van der Waals surface area contributed by atoms with Crippen molar-refractivity contribution in [2.75, 3.05) is 39.9 Å². The van der Waals surface area contributed by atoms with Crippen LogP contribution in [0.5, 0.6) is 0 Å². The molecule has 3 rings (SSSR count). The Bertz CT molecular complexity index is 746. The van der Waals surface area contributed by atoms with Gasteiger partial charge in [0, 0.05) is 44.9 Å². The molecule has 1 aliphatic heterocycles. The quantitative estimate of drug-likeness (QED) is 0.842. The number of hydrogen-bond acceptors (Lipinski definition) is 5. The van der Waals surface area contributed by atoms with Gasteiger partial charge in [-0.05, 0) is 6.92 Å². The lowest BCUT2D eigenvalue weighted by atomic mass is 10.1. The third-order valence-corrected chi connectivity index (χ3v) is 4.26. The summed E-state index contributed by atoms with van der Waals surface area (Å²) in [6.07, 6.45) is 0. The Balaban J connectivity index is 1.63. The summed E-state index contributed by atoms with van der Waals surface area (Å²) in [6, 6.07) is 9.53. The van der Waals surface area contributed by atoms with Crippen LogP contribution in [0.15, 0.2) is 34.9 Å². The highest BCUT2D eigenvalue weighted by molar-refractivity contribution is 5.92. The Morgan fingerprint density at radius 1 is 1.12 bits per heavy atom. The minimum Gasteiger partial charge on any atom is -0.375 e. The topological polar surface area (TPSA) is 75.9 Å². The molecule has 1 saturated heterocycles. The zero-order valence-corrected chi connectivity index (χ0v) is 14.4. The summed E-state index contributed by atoms with van der Waals surface area (Å²) >= 11 is 0. The molecule has 0 saturated carbocycles. The second-order valence-corrected chi connectivity index (χ2v) is 6.05. The molecule has 0 aliphatic carbocycles. The summed E-state index contributed by atoms with van der Waals surface area (Å²) in [5, 5.41) is 4.00. The largest absolute Gasteiger partial charge is 0.375 e. The van der Waals surface area contributed by atoms with Crippen molar-refractivity contribution in [1.29, 1.82) is 0 Å². The maximum atomic E-state index is 12.6. The fraction of sp³-hybridized carbons (Fsp3) is 0.389. The maximum Gasteiger partial charge on any atom is 0.292 e. The Morgan fingerprint density at radius 3 is 2.40 bits per heavy atom. The third kappa shape index (κ3) is 3.88. The second kappa shape index (κ2) is 7.48. The van der Waals surface area contributed by atoms with Gasteiger partial charge in [-0.2, -0.15) is 0 Å². The van der Waals surface area contributed by atoms with Crippen LogP contribution >= 0.6 is 0 Å². The fourth-order valence-corrected chi connectivity index (χ4v) is 2.77. The van der Waals surface area contributed by atoms with Gasteiger partial charge in [-0.15, -0.1) is 0 Å². The highest BCUT2D eigenvalue weighted by Gasteiger charge is 2.27. The molecule has 2 heterocycles. The lowest BCUT2D eigenvalue weighted by molar-refractivity contribution is -0.136. The third-order valence-electron chi connectivity index (χ3n) is 4.26. The monoisotopic (exact) mass is 343 g/mol. The predicted molar refractivity (Wildman–Crippen MR) is 91.0 cm³/mol. The van der Waals surface area contributed by atoms with E-state index in [4.69, 9.17) is 9.26 Å². The van der Waals surface area contributed by atoms with Gasteiger partial charge >= 0.3 is 0 Å². The van der Waals surface area contributed by atoms with E-state index in [0.717, 1.165) is 11.1 Å². The van der Waals surface area contributed by atoms with E-state index in [0.29, 0.717) is 31.9 Å². The summed E-state index contributed by atoms with van der Waals surface area (Å²) in [5.41, 5.74) is 2.70. The molecule has 2 amide bonds. The number of nitrogens with zero attached hydrogens (tertiary/aromatic N) is 3. The minimum atomic E-state index is -0.204. The average molecular weight is 343 g/mol. The van der Waals surface area contributed by atoms with Crippen LogP contribution in [0.1, 0.15) is 16.1 Å². The highest BCUT2D eigenvalue weighted by atomic mass is 16.5. The number of hydrogen-bond donors (Lipinski definition) is 0. The van der Waals surface area contributed by atoms with Gasteiger partial charge < -0.3 is 19.1 Å². The number of carbonyl (C=O) groups is 2. The Hall–Kier alpha value is -2.67. The van der Waals surface area contributed by atoms with E-state index in [-0.39, 0.29) is 24.2 Å². The van der Waals surface area contributed by atoms with Gasteiger partial charge in [0.1, 0.15) is 12.3 Å². The minimum absolute atomic E-state index is 0.0593. The van der Waals surface area contributed by atoms with Crippen LogP contribution in [0.3, 0.4) is 0 Å². The molecule has 132 valence electrons. The van der Waals surface area contributed by atoms with E-state index in [1.165, 1.54) is 7.11 Å². The predicted octanol–water partition coefficient (Wildman–Crippen LogP) is 1.58. The van der Waals surface area contributed by atoms with Gasteiger partial charge in [-0.3, -0.25) is 9.59 Å². The molecule has 7 heteroatoms. The van der Waals surface area contributed by atoms with E-state index in [1.807, 2.05) is 31.2 Å². The number of rotatable bonds is 4. The van der Waals surface area contributed by atoms with Gasteiger partial charge in [0.25, 0.3) is 5.91 Å². The lowest BCUT2D eigenvalue weighted by Gasteiger charge is -2.34. The van der Waals surface area contributed by atoms with Crippen molar-refractivity contribution < 1.29 is 18.8 Å². The van der Waals surface area contributed by atoms with Gasteiger partial charge in [-0.1, -0.05) is 35.0 Å². The lowest BCUT2D eigenvalue weighted by Crippen LogP contribution is -2.51. The molecule has 0 unspecified atom stereocenters. The molecule has 0 bridgehead atoms. The summed E-state index contributed by atoms with van der Waals surface area (Å²) in [7, 11) is 1.49. The molecular formula is C18H21N3O4. The zero-order chi connectivity index (χ0) is 17.8. The van der Waals surface area contributed by atoms with Gasteiger partial charge in [-0.25, -0.2) is 0 Å². The molecule has 2 aromatic rings. The van der Waals surface area contributed by atoms with Crippen molar-refractivity contribution in [2.24, 2.45) is 0 Å². The van der Waals surface area contributed by atoms with Crippen molar-refractivity contribution in [3.05, 3.63) is 41.7 Å². The van der Waals surface area contributed by atoms with Gasteiger partial charge in [0.15, 0.2) is 0 Å². The Labute approximate surface area is 146 Å². The van der Waals surface area contributed by atoms with Crippen LogP contribution in [-0.4, -0.2) is 66.7 Å². The first-order valence-corrected chi connectivity index (χ1v) is 8.18. The van der Waals surface area contributed by atoms with E-state index >= 15 is 0 Å². The Kier molecular flexibility index (Phi) is 5.14. The fourth-order valence-electron chi connectivity index (χ4n) is 2.77. The number of benzene rings is 1. The van der Waals surface area contributed by atoms with E-state index in [1.54, 1.807) is 15.9 Å². The van der Waals surface area contributed by atoms with Crippen molar-refractivity contribution >= 4 is 11.8 Å². The average Bonchev–Trinajstić information content (AvgIpc) is 3.12. The van der Waals surface area contributed by atoms with Crippen molar-refractivity contribution in [3.8, 4) is 11.3 Å². The summed E-state index contributed by atoms with van der Waals surface area (Å²) in [6.45, 7) is 4.00. The molecule has 7 nitrogen and oxygen atoms in total. The van der Waals surface area contributed by atoms with Crippen LogP contribution in [0.4, 0.5) is 0 Å². The van der Waals surface area contributed by atoms with Crippen molar-refractivity contribution in [2.45, 2.75) is 6.92 Å². The molecule has 0 atom stereocenters. The standard InChI is InChI=1S/C18H21N3O4/c1-13-3-5-14(6-4-13)15-11-16(25-19-15)18(23)21-9-7-20(8-10-21)17(22)12-24-2/h3-6,11H,7-10,12H2,1-2H3. The van der Waals surface area contributed by atoms with Crippen molar-refractivity contribution in [3.63, 3.8) is 0 Å². The highest BCUT2D eigenvalue weighted by Crippen LogP contribution is 2.20. The van der Waals surface area contributed by atoms with Crippen LogP contribution in [0.25, 0.3) is 11.3 Å². The molecule has 1 fully saturated rings. The van der Waals surface area contributed by atoms with Crippen molar-refractivity contribution in [1.82, 2.24) is 15.0 Å². The first kappa shape index (κ1) is 17.2. The van der Waals surface area contributed by atoms with Crippen LogP contribution in [0.2, 0.25) is 0 Å². The smallest absolute Gasteiger partial charge is 0.292 e. The molecule has 1 aliphatic rings. The number of ether oxygens (including phenoxy) is 1. The van der Waals surface area contributed by atoms with Gasteiger partial charge in [0.2, 0.25) is 11.7 Å². The normalized spacial score (nSPS) is 14.6. The Morgan fingerprint density at radius 2 is 1.76 bits per heavy atom. The maximum absolute atomic E-state index is 12.6. The summed E-state index contributed by atoms with van der Waals surface area (Å²) in [5.74, 6) is -0.0483. The molecule has 1 aromatic heterocycles. The molecule has 1 aromatic carbocycles. The van der Waals surface area contributed by atoms with Crippen LogP contribution < -0.4 is 0 Å². The SMILES string of the molecule is COCC(=O)N1CCN(C(=O)c2cc(-c3ccc(C)cc3)no2)CC1. The number of methoxy groups -OCH3 is 1. The van der Waals surface area contributed by atoms with Crippen LogP contribution in [0, 0.1) is 6.92 Å². The number of amides is 2. The zero-order valence-electron chi connectivity index (χ0n) is 14.4. The summed E-state index contributed by atoms with van der Waals surface area (Å²) in [4.78, 5) is 27.7. The summed E-state index contributed by atoms with van der Waals surface area (Å²) < 4.78 is 10.1. The molecule has 25 heavy (non-hydrogen) atoms. The molecule has 0 spiro atoms. The molecular weight excluding hydrogens is 322 g/mol. The van der Waals surface area contributed by atoms with E-state index < -0.39 is 0 Å². The first-order chi connectivity index (χ1) is 12.1. The number of aromatic nitrogens is 1. The van der Waals surface area contributed by atoms with Crippen LogP contribution in [-0.2, 0) is 9.53 Å². The van der Waals surface area contributed by atoms with E-state index in [2.05, 4.69) is 5.16 Å². The first-order valence-electron chi connectivity index (χ1n) is 8.18. The number of aryl methyl sites for hydroxylation is 1. The number of piperazine rings is 1. The number of carbonyl (C=O) groups excluding carboxylic acids is 2. The van der Waals surface area contributed by atoms with Gasteiger partial charge in [0.05, 0.1) is 0 Å². The molecule has 0 N–H and O–H groups in total.